The van der Waals surface area contributed by atoms with Crippen LogP contribution in [-0.4, -0.2) is 21.8 Å². The third kappa shape index (κ3) is 3.65. The Morgan fingerprint density at radius 1 is 1.50 bits per heavy atom. The molecule has 1 aromatic rings. The highest BCUT2D eigenvalue weighted by molar-refractivity contribution is 5.76. The van der Waals surface area contributed by atoms with Gasteiger partial charge in [-0.3, -0.25) is 9.78 Å². The Kier molecular flexibility index (Phi) is 4.96. The van der Waals surface area contributed by atoms with Gasteiger partial charge < -0.3 is 4.90 Å². The predicted octanol–water partition coefficient (Wildman–Crippen LogP) is 2.62. The molecule has 1 amide bonds. The van der Waals surface area contributed by atoms with Gasteiger partial charge in [-0.2, -0.15) is 0 Å². The second kappa shape index (κ2) is 6.26. The molecule has 0 aromatic carbocycles. The number of pyridine rings is 1. The van der Waals surface area contributed by atoms with Crippen molar-refractivity contribution in [2.45, 2.75) is 46.2 Å². The molecule has 1 aromatic heterocycles. The maximum Gasteiger partial charge on any atom is 0.223 e. The first-order valence-electron chi connectivity index (χ1n) is 5.83. The van der Waals surface area contributed by atoms with Crippen LogP contribution in [0.2, 0.25) is 0 Å². The van der Waals surface area contributed by atoms with Crippen LogP contribution in [0.4, 0.5) is 0 Å². The van der Waals surface area contributed by atoms with Gasteiger partial charge in [0.1, 0.15) is 0 Å². The van der Waals surface area contributed by atoms with Gasteiger partial charge in [0.05, 0.1) is 0 Å². The van der Waals surface area contributed by atoms with Crippen LogP contribution in [0.1, 0.15) is 39.2 Å². The van der Waals surface area contributed by atoms with Crippen molar-refractivity contribution in [1.82, 2.24) is 9.88 Å². The van der Waals surface area contributed by atoms with E-state index in [-0.39, 0.29) is 11.9 Å². The number of carbonyl (C=O) groups is 1. The van der Waals surface area contributed by atoms with Crippen molar-refractivity contribution in [2.24, 2.45) is 0 Å². The fourth-order valence-electron chi connectivity index (χ4n) is 1.60. The van der Waals surface area contributed by atoms with Crippen molar-refractivity contribution in [2.75, 3.05) is 0 Å². The molecule has 0 bridgehead atoms. The molecule has 0 radical (unpaired) electrons. The molecular weight excluding hydrogens is 200 g/mol. The minimum atomic E-state index is 0.223. The van der Waals surface area contributed by atoms with E-state index in [0.717, 1.165) is 12.0 Å². The molecule has 0 spiro atoms. The molecule has 0 fully saturated rings. The van der Waals surface area contributed by atoms with Gasteiger partial charge in [0.2, 0.25) is 5.91 Å². The SMILES string of the molecule is CCCC(=O)N(Cc1cccnc1)C(C)C. The summed E-state index contributed by atoms with van der Waals surface area (Å²) in [7, 11) is 0. The maximum absolute atomic E-state index is 11.9. The van der Waals surface area contributed by atoms with Crippen LogP contribution >= 0.6 is 0 Å². The van der Waals surface area contributed by atoms with Gasteiger partial charge in [-0.15, -0.1) is 0 Å². The van der Waals surface area contributed by atoms with E-state index >= 15 is 0 Å². The lowest BCUT2D eigenvalue weighted by Crippen LogP contribution is -2.36. The molecule has 0 aliphatic heterocycles. The minimum absolute atomic E-state index is 0.223. The first kappa shape index (κ1) is 12.7. The van der Waals surface area contributed by atoms with Crippen molar-refractivity contribution in [3.63, 3.8) is 0 Å². The first-order valence-corrected chi connectivity index (χ1v) is 5.83. The van der Waals surface area contributed by atoms with Crippen LogP contribution in [0.5, 0.6) is 0 Å². The highest BCUT2D eigenvalue weighted by atomic mass is 16.2. The third-order valence-corrected chi connectivity index (χ3v) is 2.48. The van der Waals surface area contributed by atoms with Gasteiger partial charge in [0.15, 0.2) is 0 Å². The number of carbonyl (C=O) groups excluding carboxylic acids is 1. The largest absolute Gasteiger partial charge is 0.336 e. The molecule has 1 heterocycles. The molecule has 0 saturated heterocycles. The molecule has 0 aliphatic carbocycles. The fourth-order valence-corrected chi connectivity index (χ4v) is 1.60. The van der Waals surface area contributed by atoms with Crippen LogP contribution < -0.4 is 0 Å². The second-order valence-electron chi connectivity index (χ2n) is 4.23. The number of hydrogen-bond acceptors (Lipinski definition) is 2. The van der Waals surface area contributed by atoms with Crippen LogP contribution in [0.25, 0.3) is 0 Å². The molecule has 0 aliphatic rings. The summed E-state index contributed by atoms with van der Waals surface area (Å²) in [5, 5.41) is 0. The van der Waals surface area contributed by atoms with E-state index in [1.807, 2.05) is 44.0 Å². The Balaban J connectivity index is 2.69. The first-order chi connectivity index (χ1) is 7.65. The lowest BCUT2D eigenvalue weighted by atomic mass is 10.2. The van der Waals surface area contributed by atoms with Gasteiger partial charge in [-0.05, 0) is 31.9 Å². The van der Waals surface area contributed by atoms with Crippen LogP contribution in [0, 0.1) is 0 Å². The Morgan fingerprint density at radius 2 is 2.25 bits per heavy atom. The molecule has 0 atom stereocenters. The quantitative estimate of drug-likeness (QED) is 0.764. The average Bonchev–Trinajstić information content (AvgIpc) is 2.27. The fraction of sp³-hybridized carbons (Fsp3) is 0.538. The lowest BCUT2D eigenvalue weighted by Gasteiger charge is -2.26. The average molecular weight is 220 g/mol. The van der Waals surface area contributed by atoms with Gasteiger partial charge in [-0.1, -0.05) is 13.0 Å². The van der Waals surface area contributed by atoms with Crippen LogP contribution in [-0.2, 0) is 11.3 Å². The van der Waals surface area contributed by atoms with Crippen molar-refractivity contribution >= 4 is 5.91 Å². The number of nitrogens with zero attached hydrogens (tertiary/aromatic N) is 2. The maximum atomic E-state index is 11.9. The summed E-state index contributed by atoms with van der Waals surface area (Å²) < 4.78 is 0. The van der Waals surface area contributed by atoms with Crippen molar-refractivity contribution in [3.8, 4) is 0 Å². The molecular formula is C13H20N2O. The Labute approximate surface area is 97.5 Å². The summed E-state index contributed by atoms with van der Waals surface area (Å²) in [6, 6.07) is 4.14. The summed E-state index contributed by atoms with van der Waals surface area (Å²) in [4.78, 5) is 17.9. The normalized spacial score (nSPS) is 10.5. The molecule has 0 unspecified atom stereocenters. The zero-order valence-corrected chi connectivity index (χ0v) is 10.3. The Morgan fingerprint density at radius 3 is 2.75 bits per heavy atom. The summed E-state index contributed by atoms with van der Waals surface area (Å²) in [6.07, 6.45) is 5.08. The monoisotopic (exact) mass is 220 g/mol. The number of hydrogen-bond donors (Lipinski definition) is 0. The molecule has 88 valence electrons. The van der Waals surface area contributed by atoms with Crippen LogP contribution in [0.3, 0.4) is 0 Å². The van der Waals surface area contributed by atoms with E-state index in [0.29, 0.717) is 13.0 Å². The summed E-state index contributed by atoms with van der Waals surface area (Å²) in [5.41, 5.74) is 1.08. The summed E-state index contributed by atoms with van der Waals surface area (Å²) in [5.74, 6) is 0.223. The van der Waals surface area contributed by atoms with Crippen molar-refractivity contribution in [1.29, 1.82) is 0 Å². The molecule has 0 saturated carbocycles. The molecule has 1 rings (SSSR count). The highest BCUT2D eigenvalue weighted by Gasteiger charge is 2.15. The van der Waals surface area contributed by atoms with E-state index in [2.05, 4.69) is 4.98 Å². The Bertz CT molecular complexity index is 322. The Hall–Kier alpha value is -1.38. The number of rotatable bonds is 5. The van der Waals surface area contributed by atoms with Crippen molar-refractivity contribution < 1.29 is 4.79 Å². The number of aromatic nitrogens is 1. The van der Waals surface area contributed by atoms with E-state index in [1.54, 1.807) is 6.20 Å². The summed E-state index contributed by atoms with van der Waals surface area (Å²) in [6.45, 7) is 6.78. The molecule has 16 heavy (non-hydrogen) atoms. The lowest BCUT2D eigenvalue weighted by molar-refractivity contribution is -0.133. The van der Waals surface area contributed by atoms with Crippen molar-refractivity contribution in [3.05, 3.63) is 30.1 Å². The summed E-state index contributed by atoms with van der Waals surface area (Å²) >= 11 is 0. The zero-order chi connectivity index (χ0) is 12.0. The van der Waals surface area contributed by atoms with Gasteiger partial charge >= 0.3 is 0 Å². The highest BCUT2D eigenvalue weighted by Crippen LogP contribution is 2.09. The van der Waals surface area contributed by atoms with Gasteiger partial charge in [-0.25, -0.2) is 0 Å². The topological polar surface area (TPSA) is 33.2 Å². The molecule has 3 heteroatoms. The third-order valence-electron chi connectivity index (χ3n) is 2.48. The zero-order valence-electron chi connectivity index (χ0n) is 10.3. The smallest absolute Gasteiger partial charge is 0.223 e. The van der Waals surface area contributed by atoms with Gasteiger partial charge in [0, 0.05) is 31.4 Å². The van der Waals surface area contributed by atoms with Gasteiger partial charge in [0.25, 0.3) is 0 Å². The van der Waals surface area contributed by atoms with E-state index in [4.69, 9.17) is 0 Å². The van der Waals surface area contributed by atoms with Crippen LogP contribution in [0.15, 0.2) is 24.5 Å². The second-order valence-corrected chi connectivity index (χ2v) is 4.23. The predicted molar refractivity (Wildman–Crippen MR) is 64.8 cm³/mol. The number of amides is 1. The van der Waals surface area contributed by atoms with E-state index in [9.17, 15) is 4.79 Å². The van der Waals surface area contributed by atoms with E-state index < -0.39 is 0 Å². The minimum Gasteiger partial charge on any atom is -0.336 e. The molecule has 0 N–H and O–H groups in total. The standard InChI is InChI=1S/C13H20N2O/c1-4-6-13(16)15(11(2)3)10-12-7-5-8-14-9-12/h5,7-9,11H,4,6,10H2,1-3H3. The molecule has 3 nitrogen and oxygen atoms in total. The van der Waals surface area contributed by atoms with E-state index in [1.165, 1.54) is 0 Å².